The van der Waals surface area contributed by atoms with Gasteiger partial charge in [-0.1, -0.05) is 57.9 Å². The topological polar surface area (TPSA) is 57.7 Å². The molecule has 1 aliphatic rings. The second-order valence-electron chi connectivity index (χ2n) is 8.12. The van der Waals surface area contributed by atoms with Gasteiger partial charge in [0.2, 0.25) is 15.9 Å². The quantitative estimate of drug-likeness (QED) is 0.403. The van der Waals surface area contributed by atoms with Crippen molar-refractivity contribution in [2.45, 2.75) is 30.7 Å². The Hall–Kier alpha value is -2.19. The highest BCUT2D eigenvalue weighted by atomic mass is 79.9. The molecule has 3 aromatic carbocycles. The third-order valence-corrected chi connectivity index (χ3v) is 8.39. The average molecular weight is 548 g/mol. The third kappa shape index (κ3) is 5.32. The van der Waals surface area contributed by atoms with E-state index in [1.807, 2.05) is 55.5 Å². The molecule has 1 unspecified atom stereocenters. The second-order valence-corrected chi connectivity index (χ2v) is 11.4. The maximum absolute atomic E-state index is 13.5. The fourth-order valence-electron chi connectivity index (χ4n) is 4.15. The lowest BCUT2D eigenvalue weighted by Gasteiger charge is -2.27. The maximum Gasteiger partial charge on any atom is 0.243 e. The van der Waals surface area contributed by atoms with E-state index in [1.54, 1.807) is 17.0 Å². The van der Waals surface area contributed by atoms with Crippen LogP contribution < -0.4 is 4.90 Å². The minimum Gasteiger partial charge on any atom is -0.308 e. The number of amides is 1. The van der Waals surface area contributed by atoms with Gasteiger partial charge in [-0.15, -0.1) is 0 Å². The molecule has 8 heteroatoms. The van der Waals surface area contributed by atoms with Crippen LogP contribution in [0.3, 0.4) is 0 Å². The molecule has 0 fully saturated rings. The van der Waals surface area contributed by atoms with Gasteiger partial charge in [0.05, 0.1) is 11.4 Å². The van der Waals surface area contributed by atoms with Crippen LogP contribution in [0.15, 0.2) is 82.2 Å². The van der Waals surface area contributed by atoms with Crippen LogP contribution in [-0.2, 0) is 27.7 Å². The van der Waals surface area contributed by atoms with Gasteiger partial charge in [-0.25, -0.2) is 8.42 Å². The third-order valence-electron chi connectivity index (χ3n) is 5.78. The van der Waals surface area contributed by atoms with Crippen molar-refractivity contribution >= 4 is 49.1 Å². The molecule has 172 valence electrons. The van der Waals surface area contributed by atoms with Crippen LogP contribution >= 0.6 is 27.5 Å². The van der Waals surface area contributed by atoms with Crippen molar-refractivity contribution in [1.82, 2.24) is 4.31 Å². The molecule has 0 spiro atoms. The van der Waals surface area contributed by atoms with Gasteiger partial charge >= 0.3 is 0 Å². The molecule has 1 aliphatic heterocycles. The number of carbonyl (C=O) groups excluding carboxylic acids is 1. The molecule has 4 rings (SSSR count). The van der Waals surface area contributed by atoms with E-state index in [4.69, 9.17) is 11.6 Å². The molecule has 3 aromatic rings. The zero-order valence-electron chi connectivity index (χ0n) is 18.1. The van der Waals surface area contributed by atoms with Crippen LogP contribution in [0.25, 0.3) is 0 Å². The molecule has 0 N–H and O–H groups in total. The number of fused-ring (bicyclic) bond motifs is 1. The van der Waals surface area contributed by atoms with E-state index in [-0.39, 0.29) is 29.9 Å². The van der Waals surface area contributed by atoms with Gasteiger partial charge in [0.25, 0.3) is 0 Å². The largest absolute Gasteiger partial charge is 0.308 e. The van der Waals surface area contributed by atoms with Crippen LogP contribution in [0.2, 0.25) is 5.02 Å². The van der Waals surface area contributed by atoms with Crippen LogP contribution in [0, 0.1) is 0 Å². The number of rotatable bonds is 7. The van der Waals surface area contributed by atoms with E-state index in [0.29, 0.717) is 11.4 Å². The predicted molar refractivity (Wildman–Crippen MR) is 135 cm³/mol. The van der Waals surface area contributed by atoms with Gasteiger partial charge in [0.1, 0.15) is 0 Å². The smallest absolute Gasteiger partial charge is 0.243 e. The molecule has 1 heterocycles. The molecular formula is C25H24BrClN2O3S. The van der Waals surface area contributed by atoms with Gasteiger partial charge in [0.15, 0.2) is 0 Å². The van der Waals surface area contributed by atoms with Crippen molar-refractivity contribution in [3.05, 3.63) is 93.4 Å². The Morgan fingerprint density at radius 3 is 2.48 bits per heavy atom. The fourth-order valence-corrected chi connectivity index (χ4v) is 6.07. The van der Waals surface area contributed by atoms with Crippen molar-refractivity contribution in [3.8, 4) is 0 Å². The second kappa shape index (κ2) is 9.97. The highest BCUT2D eigenvalue weighted by molar-refractivity contribution is 9.10. The Morgan fingerprint density at radius 2 is 1.79 bits per heavy atom. The van der Waals surface area contributed by atoms with Gasteiger partial charge < -0.3 is 4.90 Å². The Morgan fingerprint density at radius 1 is 1.09 bits per heavy atom. The van der Waals surface area contributed by atoms with E-state index < -0.39 is 10.0 Å². The monoisotopic (exact) mass is 546 g/mol. The zero-order chi connectivity index (χ0) is 23.6. The van der Waals surface area contributed by atoms with Crippen molar-refractivity contribution < 1.29 is 13.2 Å². The van der Waals surface area contributed by atoms with Crippen LogP contribution in [0.5, 0.6) is 0 Å². The van der Waals surface area contributed by atoms with Gasteiger partial charge in [0, 0.05) is 27.8 Å². The molecular weight excluding hydrogens is 524 g/mol. The first kappa shape index (κ1) is 24.0. The number of carbonyl (C=O) groups is 1. The molecule has 1 atom stereocenters. The molecule has 0 aromatic heterocycles. The summed E-state index contributed by atoms with van der Waals surface area (Å²) < 4.78 is 29.2. The van der Waals surface area contributed by atoms with Crippen molar-refractivity contribution in [3.63, 3.8) is 0 Å². The first-order chi connectivity index (χ1) is 15.8. The minimum absolute atomic E-state index is 0.0454. The van der Waals surface area contributed by atoms with Crippen molar-refractivity contribution in [2.24, 2.45) is 0 Å². The summed E-state index contributed by atoms with van der Waals surface area (Å²) in [6, 6.07) is 21.5. The standard InChI is InChI=1S/C25H24BrClN2O3S/c1-18-15-20-16-21(26)7-12-24(20)29(18)25(30)17-28(14-13-19-5-3-2-4-6-19)33(31,32)23-10-8-22(27)9-11-23/h2-12,16,18H,13-15,17H2,1H3. The molecule has 33 heavy (non-hydrogen) atoms. The number of sulfonamides is 1. The molecule has 0 saturated carbocycles. The van der Waals surface area contributed by atoms with E-state index in [1.165, 1.54) is 16.4 Å². The number of hydrogen-bond donors (Lipinski definition) is 0. The summed E-state index contributed by atoms with van der Waals surface area (Å²) in [7, 11) is -3.89. The number of halogens is 2. The fraction of sp³-hybridized carbons (Fsp3) is 0.240. The van der Waals surface area contributed by atoms with E-state index in [0.717, 1.165) is 27.7 Å². The maximum atomic E-state index is 13.5. The van der Waals surface area contributed by atoms with Crippen LogP contribution in [0.1, 0.15) is 18.1 Å². The summed E-state index contributed by atoms with van der Waals surface area (Å²) in [5.41, 5.74) is 2.91. The zero-order valence-corrected chi connectivity index (χ0v) is 21.3. The molecule has 0 bridgehead atoms. The summed E-state index contributed by atoms with van der Waals surface area (Å²) >= 11 is 9.44. The Kier molecular flexibility index (Phi) is 7.24. The van der Waals surface area contributed by atoms with Crippen molar-refractivity contribution in [2.75, 3.05) is 18.0 Å². The highest BCUT2D eigenvalue weighted by Gasteiger charge is 2.34. The summed E-state index contributed by atoms with van der Waals surface area (Å²) in [4.78, 5) is 15.3. The summed E-state index contributed by atoms with van der Waals surface area (Å²) in [5.74, 6) is -0.242. The number of nitrogens with zero attached hydrogens (tertiary/aromatic N) is 2. The average Bonchev–Trinajstić information content (AvgIpc) is 3.12. The Balaban J connectivity index is 1.62. The lowest BCUT2D eigenvalue weighted by molar-refractivity contribution is -0.119. The summed E-state index contributed by atoms with van der Waals surface area (Å²) in [6.07, 6.45) is 1.23. The van der Waals surface area contributed by atoms with Gasteiger partial charge in [-0.2, -0.15) is 4.31 Å². The van der Waals surface area contributed by atoms with E-state index in [9.17, 15) is 13.2 Å². The molecule has 1 amide bonds. The summed E-state index contributed by atoms with van der Waals surface area (Å²) in [5, 5.41) is 0.453. The molecule has 0 saturated heterocycles. The van der Waals surface area contributed by atoms with Gasteiger partial charge in [-0.05, 0) is 73.4 Å². The number of benzene rings is 3. The molecule has 0 aliphatic carbocycles. The van der Waals surface area contributed by atoms with Crippen LogP contribution in [-0.4, -0.2) is 37.8 Å². The Bertz CT molecular complexity index is 1250. The van der Waals surface area contributed by atoms with Crippen molar-refractivity contribution in [1.29, 1.82) is 0 Å². The lowest BCUT2D eigenvalue weighted by Crippen LogP contribution is -2.45. The molecule has 5 nitrogen and oxygen atoms in total. The summed E-state index contributed by atoms with van der Waals surface area (Å²) in [6.45, 7) is 1.93. The Labute approximate surface area is 208 Å². The predicted octanol–water partition coefficient (Wildman–Crippen LogP) is 5.31. The number of anilines is 1. The first-order valence-corrected chi connectivity index (χ1v) is 13.3. The normalized spacial score (nSPS) is 15.6. The van der Waals surface area contributed by atoms with Gasteiger partial charge in [-0.3, -0.25) is 4.79 Å². The van der Waals surface area contributed by atoms with E-state index >= 15 is 0 Å². The SMILES string of the molecule is CC1Cc2cc(Br)ccc2N1C(=O)CN(CCc1ccccc1)S(=O)(=O)c1ccc(Cl)cc1. The number of hydrogen-bond acceptors (Lipinski definition) is 3. The molecule has 0 radical (unpaired) electrons. The highest BCUT2D eigenvalue weighted by Crippen LogP contribution is 2.34. The minimum atomic E-state index is -3.89. The lowest BCUT2D eigenvalue weighted by atomic mass is 10.1. The van der Waals surface area contributed by atoms with Crippen LogP contribution in [0.4, 0.5) is 5.69 Å². The first-order valence-electron chi connectivity index (χ1n) is 10.7. The van der Waals surface area contributed by atoms with E-state index in [2.05, 4.69) is 15.9 Å².